The Morgan fingerprint density at radius 2 is 2.06 bits per heavy atom. The lowest BCUT2D eigenvalue weighted by molar-refractivity contribution is 0.506. The van der Waals surface area contributed by atoms with Crippen molar-refractivity contribution in [3.05, 3.63) is 53.4 Å². The fourth-order valence-corrected chi connectivity index (χ4v) is 1.72. The standard InChI is InChI=1S/C13H15F2N3/c1-18-9-11(8-17-18)4-5-16-7-10-2-3-12(14)13(15)6-10/h2-3,6,8-9,16H,4-5,7H2,1H3. The van der Waals surface area contributed by atoms with Gasteiger partial charge >= 0.3 is 0 Å². The zero-order chi connectivity index (χ0) is 13.0. The molecule has 0 fully saturated rings. The van der Waals surface area contributed by atoms with Gasteiger partial charge in [0.15, 0.2) is 11.6 Å². The molecule has 0 bridgehead atoms. The predicted octanol–water partition coefficient (Wildman–Crippen LogP) is 2.03. The van der Waals surface area contributed by atoms with E-state index in [9.17, 15) is 8.78 Å². The molecule has 0 aliphatic carbocycles. The van der Waals surface area contributed by atoms with E-state index in [0.29, 0.717) is 6.54 Å². The van der Waals surface area contributed by atoms with Crippen LogP contribution in [0.3, 0.4) is 0 Å². The second-order valence-corrected chi connectivity index (χ2v) is 4.20. The monoisotopic (exact) mass is 251 g/mol. The SMILES string of the molecule is Cn1cc(CCNCc2ccc(F)c(F)c2)cn1. The molecule has 1 N–H and O–H groups in total. The van der Waals surface area contributed by atoms with Crippen molar-refractivity contribution in [2.45, 2.75) is 13.0 Å². The van der Waals surface area contributed by atoms with Crippen LogP contribution < -0.4 is 5.32 Å². The summed E-state index contributed by atoms with van der Waals surface area (Å²) < 4.78 is 27.4. The van der Waals surface area contributed by atoms with Crippen molar-refractivity contribution in [2.24, 2.45) is 7.05 Å². The number of aromatic nitrogens is 2. The van der Waals surface area contributed by atoms with E-state index in [-0.39, 0.29) is 0 Å². The van der Waals surface area contributed by atoms with Crippen LogP contribution >= 0.6 is 0 Å². The van der Waals surface area contributed by atoms with E-state index in [0.717, 1.165) is 30.2 Å². The third kappa shape index (κ3) is 3.37. The van der Waals surface area contributed by atoms with Gasteiger partial charge in [-0.05, 0) is 36.2 Å². The third-order valence-electron chi connectivity index (χ3n) is 2.66. The van der Waals surface area contributed by atoms with E-state index in [1.165, 1.54) is 6.07 Å². The van der Waals surface area contributed by atoms with Crippen LogP contribution in [0.5, 0.6) is 0 Å². The summed E-state index contributed by atoms with van der Waals surface area (Å²) in [5.41, 5.74) is 1.88. The lowest BCUT2D eigenvalue weighted by Crippen LogP contribution is -2.16. The number of rotatable bonds is 5. The molecule has 0 atom stereocenters. The predicted molar refractivity (Wildman–Crippen MR) is 65.0 cm³/mol. The van der Waals surface area contributed by atoms with Crippen molar-refractivity contribution in [3.8, 4) is 0 Å². The average molecular weight is 251 g/mol. The number of nitrogens with one attached hydrogen (secondary N) is 1. The maximum atomic E-state index is 12.9. The smallest absolute Gasteiger partial charge is 0.159 e. The normalized spacial score (nSPS) is 10.8. The number of aryl methyl sites for hydroxylation is 1. The minimum Gasteiger partial charge on any atom is -0.312 e. The lowest BCUT2D eigenvalue weighted by Gasteiger charge is -2.04. The molecule has 5 heteroatoms. The van der Waals surface area contributed by atoms with E-state index >= 15 is 0 Å². The highest BCUT2D eigenvalue weighted by Gasteiger charge is 2.02. The van der Waals surface area contributed by atoms with E-state index in [2.05, 4.69) is 10.4 Å². The quantitative estimate of drug-likeness (QED) is 0.824. The van der Waals surface area contributed by atoms with Crippen molar-refractivity contribution in [3.63, 3.8) is 0 Å². The number of benzene rings is 1. The highest BCUT2D eigenvalue weighted by molar-refractivity contribution is 5.17. The molecule has 18 heavy (non-hydrogen) atoms. The van der Waals surface area contributed by atoms with Gasteiger partial charge in [-0.2, -0.15) is 5.10 Å². The van der Waals surface area contributed by atoms with Gasteiger partial charge in [-0.1, -0.05) is 6.07 Å². The van der Waals surface area contributed by atoms with Crippen LogP contribution in [-0.2, 0) is 20.0 Å². The maximum Gasteiger partial charge on any atom is 0.159 e. The molecule has 2 rings (SSSR count). The summed E-state index contributed by atoms with van der Waals surface area (Å²) in [5, 5.41) is 7.25. The zero-order valence-corrected chi connectivity index (χ0v) is 10.2. The van der Waals surface area contributed by atoms with Crippen LogP contribution in [0, 0.1) is 11.6 Å². The van der Waals surface area contributed by atoms with Gasteiger partial charge in [0.05, 0.1) is 6.20 Å². The molecule has 0 amide bonds. The molecular formula is C13H15F2N3. The summed E-state index contributed by atoms with van der Waals surface area (Å²) in [7, 11) is 1.87. The van der Waals surface area contributed by atoms with Gasteiger partial charge in [-0.15, -0.1) is 0 Å². The number of hydrogen-bond acceptors (Lipinski definition) is 2. The Balaban J connectivity index is 1.76. The Morgan fingerprint density at radius 3 is 2.72 bits per heavy atom. The van der Waals surface area contributed by atoms with Crippen molar-refractivity contribution in [1.29, 1.82) is 0 Å². The molecule has 1 aromatic carbocycles. The van der Waals surface area contributed by atoms with Gasteiger partial charge in [0.25, 0.3) is 0 Å². The Morgan fingerprint density at radius 1 is 1.22 bits per heavy atom. The number of halogens is 2. The first-order valence-electron chi connectivity index (χ1n) is 5.77. The summed E-state index contributed by atoms with van der Waals surface area (Å²) in [6.07, 6.45) is 4.63. The Labute approximate surface area is 104 Å². The first kappa shape index (κ1) is 12.7. The molecule has 1 aromatic heterocycles. The minimum atomic E-state index is -0.811. The largest absolute Gasteiger partial charge is 0.312 e. The molecule has 0 aliphatic rings. The van der Waals surface area contributed by atoms with Gasteiger partial charge in [0.1, 0.15) is 0 Å². The molecule has 0 spiro atoms. The second kappa shape index (κ2) is 5.73. The van der Waals surface area contributed by atoms with Gasteiger partial charge in [-0.3, -0.25) is 4.68 Å². The molecule has 96 valence electrons. The average Bonchev–Trinajstić information content (AvgIpc) is 2.75. The van der Waals surface area contributed by atoms with E-state index in [4.69, 9.17) is 0 Å². The fraction of sp³-hybridized carbons (Fsp3) is 0.308. The van der Waals surface area contributed by atoms with Gasteiger partial charge in [0, 0.05) is 19.8 Å². The molecular weight excluding hydrogens is 236 g/mol. The van der Waals surface area contributed by atoms with Crippen molar-refractivity contribution in [2.75, 3.05) is 6.54 Å². The zero-order valence-electron chi connectivity index (χ0n) is 10.2. The Hall–Kier alpha value is -1.75. The highest BCUT2D eigenvalue weighted by Crippen LogP contribution is 2.08. The van der Waals surface area contributed by atoms with Crippen LogP contribution in [0.4, 0.5) is 8.78 Å². The highest BCUT2D eigenvalue weighted by atomic mass is 19.2. The molecule has 0 radical (unpaired) electrons. The summed E-state index contributed by atoms with van der Waals surface area (Å²) in [6, 6.07) is 3.94. The van der Waals surface area contributed by atoms with Crippen LogP contribution in [0.1, 0.15) is 11.1 Å². The van der Waals surface area contributed by atoms with Crippen LogP contribution in [-0.4, -0.2) is 16.3 Å². The van der Waals surface area contributed by atoms with Crippen molar-refractivity contribution < 1.29 is 8.78 Å². The van der Waals surface area contributed by atoms with E-state index in [1.807, 2.05) is 19.4 Å². The van der Waals surface area contributed by atoms with Gasteiger partial charge in [0.2, 0.25) is 0 Å². The molecule has 0 saturated carbocycles. The number of hydrogen-bond donors (Lipinski definition) is 1. The van der Waals surface area contributed by atoms with Crippen LogP contribution in [0.2, 0.25) is 0 Å². The lowest BCUT2D eigenvalue weighted by atomic mass is 10.2. The summed E-state index contributed by atoms with van der Waals surface area (Å²) in [5.74, 6) is -1.62. The van der Waals surface area contributed by atoms with Crippen molar-refractivity contribution >= 4 is 0 Å². The first-order valence-corrected chi connectivity index (χ1v) is 5.77. The first-order chi connectivity index (χ1) is 8.65. The molecule has 3 nitrogen and oxygen atoms in total. The molecule has 0 saturated heterocycles. The fourth-order valence-electron chi connectivity index (χ4n) is 1.72. The Bertz CT molecular complexity index is 523. The minimum absolute atomic E-state index is 0.525. The van der Waals surface area contributed by atoms with E-state index in [1.54, 1.807) is 10.7 Å². The van der Waals surface area contributed by atoms with Gasteiger partial charge in [-0.25, -0.2) is 8.78 Å². The Kier molecular flexibility index (Phi) is 4.04. The summed E-state index contributed by atoms with van der Waals surface area (Å²) in [6.45, 7) is 1.29. The van der Waals surface area contributed by atoms with Gasteiger partial charge < -0.3 is 5.32 Å². The molecule has 0 aliphatic heterocycles. The molecule has 2 aromatic rings. The molecule has 1 heterocycles. The van der Waals surface area contributed by atoms with Crippen LogP contribution in [0.15, 0.2) is 30.6 Å². The number of nitrogens with zero attached hydrogens (tertiary/aromatic N) is 2. The summed E-state index contributed by atoms with van der Waals surface area (Å²) in [4.78, 5) is 0. The third-order valence-corrected chi connectivity index (χ3v) is 2.66. The van der Waals surface area contributed by atoms with Crippen LogP contribution in [0.25, 0.3) is 0 Å². The second-order valence-electron chi connectivity index (χ2n) is 4.20. The molecule has 0 unspecified atom stereocenters. The summed E-state index contributed by atoms with van der Waals surface area (Å²) >= 11 is 0. The van der Waals surface area contributed by atoms with E-state index < -0.39 is 11.6 Å². The van der Waals surface area contributed by atoms with Crippen molar-refractivity contribution in [1.82, 2.24) is 15.1 Å². The topological polar surface area (TPSA) is 29.9 Å². The maximum absolute atomic E-state index is 12.9.